The molecule has 12 nitrogen and oxygen atoms in total. The van der Waals surface area contributed by atoms with E-state index in [1.807, 2.05) is 124 Å². The van der Waals surface area contributed by atoms with Crippen LogP contribution in [0.25, 0.3) is 11.1 Å². The van der Waals surface area contributed by atoms with Gasteiger partial charge in [-0.25, -0.2) is 4.79 Å². The number of aliphatic hydroxyl groups excluding tert-OH is 1. The first-order chi connectivity index (χ1) is 27.9. The number of hydrogen-bond donors (Lipinski definition) is 2. The molecule has 0 aliphatic carbocycles. The summed E-state index contributed by atoms with van der Waals surface area (Å²) in [5, 5.41) is 12.2. The van der Waals surface area contributed by atoms with Crippen LogP contribution in [0.2, 0.25) is 0 Å². The Labute approximate surface area is 339 Å². The van der Waals surface area contributed by atoms with E-state index in [1.165, 1.54) is 4.90 Å². The van der Waals surface area contributed by atoms with Crippen molar-refractivity contribution in [2.24, 2.45) is 0 Å². The Morgan fingerprint density at radius 3 is 2.29 bits per heavy atom. The minimum Gasteiger partial charge on any atom is -0.459 e. The van der Waals surface area contributed by atoms with Gasteiger partial charge in [-0.3, -0.25) is 24.2 Å². The van der Waals surface area contributed by atoms with Crippen LogP contribution >= 0.6 is 0 Å². The van der Waals surface area contributed by atoms with Gasteiger partial charge < -0.3 is 29.4 Å². The van der Waals surface area contributed by atoms with Gasteiger partial charge in [0.15, 0.2) is 6.29 Å². The standard InChI is InChI=1S/C46H51N3O9/c1-46(2,3)58-43(53)39-14-9-23-48(39)27-36-24-40(33-17-15-30(28-50)16-18-33)57-44(56-36)34-21-19-32(20-22-34)37-13-8-7-12-35(37)26-49-41(51)25-38(42(49)52)47-45(54)55-29-31-10-5-4-6-11-31/h4-8,10-13,15-22,36,38-40,44,50H,9,14,23-29H2,1-3H3,(H,47,54)/t36-,38?,39-,40+,44+/m0/s1. The Bertz CT molecular complexity index is 2070. The second kappa shape index (κ2) is 18.0. The van der Waals surface area contributed by atoms with Gasteiger partial charge in [0.2, 0.25) is 5.91 Å². The molecule has 0 radical (unpaired) electrons. The van der Waals surface area contributed by atoms with E-state index in [2.05, 4.69) is 10.2 Å². The Morgan fingerprint density at radius 1 is 0.862 bits per heavy atom. The van der Waals surface area contributed by atoms with Crippen LogP contribution in [-0.2, 0) is 53.1 Å². The molecular formula is C46H51N3O9. The smallest absolute Gasteiger partial charge is 0.408 e. The Hall–Kier alpha value is -5.40. The predicted molar refractivity (Wildman–Crippen MR) is 214 cm³/mol. The van der Waals surface area contributed by atoms with Crippen LogP contribution in [0.1, 0.15) is 86.7 Å². The first kappa shape index (κ1) is 40.8. The number of likely N-dealkylation sites (tertiary alicyclic amines) is 2. The third-order valence-corrected chi connectivity index (χ3v) is 10.7. The molecule has 0 saturated carbocycles. The first-order valence-electron chi connectivity index (χ1n) is 19.9. The zero-order valence-corrected chi connectivity index (χ0v) is 33.2. The maximum atomic E-state index is 13.4. The summed E-state index contributed by atoms with van der Waals surface area (Å²) in [4.78, 5) is 55.4. The SMILES string of the molecule is CC(C)(C)OC(=O)[C@@H]1CCCN1C[C@@H]1C[C@H](c2ccc(CO)cc2)O[C@H](c2ccc(-c3ccccc3CN3C(=O)CC(NC(=O)OCc4ccccc4)C3=O)cc2)O1. The Kier molecular flexibility index (Phi) is 12.7. The monoisotopic (exact) mass is 789 g/mol. The van der Waals surface area contributed by atoms with Crippen molar-refractivity contribution in [3.8, 4) is 11.1 Å². The van der Waals surface area contributed by atoms with E-state index in [9.17, 15) is 24.3 Å². The molecular weight excluding hydrogens is 739 g/mol. The minimum absolute atomic E-state index is 0.0426. The summed E-state index contributed by atoms with van der Waals surface area (Å²) < 4.78 is 24.3. The van der Waals surface area contributed by atoms with Crippen molar-refractivity contribution in [2.75, 3.05) is 13.1 Å². The molecule has 5 atom stereocenters. The highest BCUT2D eigenvalue weighted by Crippen LogP contribution is 2.39. The molecule has 12 heteroatoms. The fourth-order valence-electron chi connectivity index (χ4n) is 7.77. The summed E-state index contributed by atoms with van der Waals surface area (Å²) in [6.07, 6.45) is 0.0636. The van der Waals surface area contributed by atoms with Gasteiger partial charge in [0.1, 0.15) is 24.3 Å². The van der Waals surface area contributed by atoms with Crippen molar-refractivity contribution in [2.45, 2.75) is 102 Å². The van der Waals surface area contributed by atoms with E-state index in [4.69, 9.17) is 18.9 Å². The van der Waals surface area contributed by atoms with Gasteiger partial charge in [-0.1, -0.05) is 103 Å². The van der Waals surface area contributed by atoms with E-state index >= 15 is 0 Å². The van der Waals surface area contributed by atoms with Gasteiger partial charge in [-0.2, -0.15) is 0 Å². The molecule has 4 aromatic carbocycles. The van der Waals surface area contributed by atoms with Gasteiger partial charge in [0, 0.05) is 18.5 Å². The number of hydrogen-bond acceptors (Lipinski definition) is 10. The average molecular weight is 790 g/mol. The molecule has 0 bridgehead atoms. The number of alkyl carbamates (subject to hydrolysis) is 1. The lowest BCUT2D eigenvalue weighted by Crippen LogP contribution is -2.45. The number of carbonyl (C=O) groups excluding carboxylic acids is 4. The molecule has 304 valence electrons. The molecule has 3 amide bonds. The van der Waals surface area contributed by atoms with Gasteiger partial charge >= 0.3 is 12.1 Å². The average Bonchev–Trinajstić information content (AvgIpc) is 3.79. The quantitative estimate of drug-likeness (QED) is 0.117. The fraction of sp³-hybridized carbons (Fsp3) is 0.391. The number of esters is 1. The van der Waals surface area contributed by atoms with Crippen molar-refractivity contribution in [1.29, 1.82) is 0 Å². The normalized spacial score (nSPS) is 22.6. The Morgan fingerprint density at radius 2 is 1.57 bits per heavy atom. The summed E-state index contributed by atoms with van der Waals surface area (Å²) in [6, 6.07) is 31.0. The Balaban J connectivity index is 1.04. The second-order valence-corrected chi connectivity index (χ2v) is 16.1. The largest absolute Gasteiger partial charge is 0.459 e. The van der Waals surface area contributed by atoms with E-state index in [0.717, 1.165) is 58.3 Å². The zero-order valence-electron chi connectivity index (χ0n) is 33.2. The highest BCUT2D eigenvalue weighted by atomic mass is 16.7. The number of benzene rings is 4. The van der Waals surface area contributed by atoms with Crippen LogP contribution in [-0.4, -0.2) is 75.7 Å². The molecule has 0 aromatic heterocycles. The van der Waals surface area contributed by atoms with Crippen molar-refractivity contribution < 1.29 is 43.2 Å². The van der Waals surface area contributed by atoms with E-state index in [0.29, 0.717) is 13.0 Å². The molecule has 3 saturated heterocycles. The molecule has 1 unspecified atom stereocenters. The van der Waals surface area contributed by atoms with Crippen LogP contribution in [0, 0.1) is 0 Å². The molecule has 2 N–H and O–H groups in total. The minimum atomic E-state index is -1.01. The third-order valence-electron chi connectivity index (χ3n) is 10.7. The van der Waals surface area contributed by atoms with Gasteiger partial charge in [0.05, 0.1) is 31.8 Å². The van der Waals surface area contributed by atoms with Crippen molar-refractivity contribution in [3.63, 3.8) is 0 Å². The number of rotatable bonds is 12. The van der Waals surface area contributed by atoms with Gasteiger partial charge in [-0.05, 0) is 73.5 Å². The van der Waals surface area contributed by atoms with Crippen LogP contribution in [0.15, 0.2) is 103 Å². The highest BCUT2D eigenvalue weighted by molar-refractivity contribution is 6.06. The van der Waals surface area contributed by atoms with E-state index < -0.39 is 29.9 Å². The molecule has 3 heterocycles. The third kappa shape index (κ3) is 10.00. The maximum absolute atomic E-state index is 13.4. The number of nitrogens with zero attached hydrogens (tertiary/aromatic N) is 2. The van der Waals surface area contributed by atoms with Gasteiger partial charge in [-0.15, -0.1) is 0 Å². The topological polar surface area (TPSA) is 144 Å². The van der Waals surface area contributed by atoms with E-state index in [-0.39, 0.29) is 56.3 Å². The summed E-state index contributed by atoms with van der Waals surface area (Å²) in [5.74, 6) is -1.08. The molecule has 3 fully saturated rings. The number of aliphatic hydroxyl groups is 1. The second-order valence-electron chi connectivity index (χ2n) is 16.1. The molecule has 4 aromatic rings. The summed E-state index contributed by atoms with van der Waals surface area (Å²) in [6.45, 7) is 6.99. The lowest BCUT2D eigenvalue weighted by atomic mass is 9.97. The summed E-state index contributed by atoms with van der Waals surface area (Å²) in [7, 11) is 0. The molecule has 3 aliphatic rings. The van der Waals surface area contributed by atoms with Crippen LogP contribution in [0.4, 0.5) is 4.79 Å². The fourth-order valence-corrected chi connectivity index (χ4v) is 7.77. The highest BCUT2D eigenvalue weighted by Gasteiger charge is 2.41. The zero-order chi connectivity index (χ0) is 40.8. The van der Waals surface area contributed by atoms with Gasteiger partial charge in [0.25, 0.3) is 5.91 Å². The molecule has 7 rings (SSSR count). The first-order valence-corrected chi connectivity index (χ1v) is 19.9. The van der Waals surface area contributed by atoms with Crippen molar-refractivity contribution >= 4 is 23.9 Å². The number of carbonyl (C=O) groups is 4. The number of amides is 3. The van der Waals surface area contributed by atoms with Crippen LogP contribution in [0.5, 0.6) is 0 Å². The molecule has 0 spiro atoms. The van der Waals surface area contributed by atoms with Crippen LogP contribution < -0.4 is 5.32 Å². The number of ether oxygens (including phenoxy) is 4. The lowest BCUT2D eigenvalue weighted by molar-refractivity contribution is -0.253. The number of imide groups is 1. The number of nitrogens with one attached hydrogen (secondary N) is 1. The predicted octanol–water partition coefficient (Wildman–Crippen LogP) is 6.75. The van der Waals surface area contributed by atoms with Crippen LogP contribution in [0.3, 0.4) is 0 Å². The maximum Gasteiger partial charge on any atom is 0.408 e. The van der Waals surface area contributed by atoms with Crippen molar-refractivity contribution in [3.05, 3.63) is 131 Å². The summed E-state index contributed by atoms with van der Waals surface area (Å²) >= 11 is 0. The molecule has 58 heavy (non-hydrogen) atoms. The lowest BCUT2D eigenvalue weighted by Gasteiger charge is -2.38. The summed E-state index contributed by atoms with van der Waals surface area (Å²) in [5.41, 5.74) is 5.32. The molecule has 3 aliphatic heterocycles. The van der Waals surface area contributed by atoms with E-state index in [1.54, 1.807) is 0 Å². The van der Waals surface area contributed by atoms with Crippen molar-refractivity contribution in [1.82, 2.24) is 15.1 Å².